The Bertz CT molecular complexity index is 821. The van der Waals surface area contributed by atoms with Gasteiger partial charge in [-0.25, -0.2) is 15.0 Å². The van der Waals surface area contributed by atoms with Crippen molar-refractivity contribution in [3.8, 4) is 10.6 Å². The average Bonchev–Trinajstić information content (AvgIpc) is 3.11. The number of aliphatic carboxylic acids is 1. The van der Waals surface area contributed by atoms with Crippen molar-refractivity contribution < 1.29 is 9.90 Å². The van der Waals surface area contributed by atoms with Crippen molar-refractivity contribution in [3.63, 3.8) is 0 Å². The van der Waals surface area contributed by atoms with E-state index < -0.39 is 5.97 Å². The minimum Gasteiger partial charge on any atom is -0.481 e. The lowest BCUT2D eigenvalue weighted by atomic mass is 10.3. The van der Waals surface area contributed by atoms with Crippen LogP contribution in [0.5, 0.6) is 0 Å². The van der Waals surface area contributed by atoms with E-state index >= 15 is 0 Å². The van der Waals surface area contributed by atoms with Gasteiger partial charge < -0.3 is 10.4 Å². The van der Waals surface area contributed by atoms with Gasteiger partial charge in [-0.15, -0.1) is 34.0 Å². The van der Waals surface area contributed by atoms with Crippen LogP contribution in [0, 0.1) is 13.8 Å². The van der Waals surface area contributed by atoms with Gasteiger partial charge in [0.25, 0.3) is 0 Å². The summed E-state index contributed by atoms with van der Waals surface area (Å²) in [5, 5.41) is 16.3. The maximum atomic E-state index is 10.7. The number of thiazole rings is 3. The number of aromatic nitrogens is 3. The molecule has 3 aromatic heterocycles. The molecule has 0 radical (unpaired) electrons. The van der Waals surface area contributed by atoms with E-state index in [1.54, 1.807) is 17.5 Å². The molecule has 9 heteroatoms. The number of carboxylic acid groups (broad SMARTS) is 1. The van der Waals surface area contributed by atoms with Gasteiger partial charge in [0.15, 0.2) is 10.3 Å². The van der Waals surface area contributed by atoms with E-state index in [2.05, 4.69) is 20.3 Å². The highest BCUT2D eigenvalue weighted by Crippen LogP contribution is 2.33. The van der Waals surface area contributed by atoms with E-state index in [1.807, 2.05) is 19.2 Å². The van der Waals surface area contributed by atoms with Gasteiger partial charge in [0.05, 0.1) is 27.7 Å². The van der Waals surface area contributed by atoms with E-state index in [4.69, 9.17) is 5.11 Å². The number of carboxylic acids is 1. The summed E-state index contributed by atoms with van der Waals surface area (Å²) in [6.45, 7) is 3.95. The highest BCUT2D eigenvalue weighted by atomic mass is 32.1. The SMILES string of the molecule is Cc1nc(C)c(-c2csc(Nc3ncc(CC(=O)O)s3)n2)s1. The molecule has 2 N–H and O–H groups in total. The van der Waals surface area contributed by atoms with Gasteiger partial charge in [-0.05, 0) is 13.8 Å². The van der Waals surface area contributed by atoms with E-state index in [-0.39, 0.29) is 6.42 Å². The largest absolute Gasteiger partial charge is 0.481 e. The fraction of sp³-hybridized carbons (Fsp3) is 0.231. The van der Waals surface area contributed by atoms with Crippen molar-refractivity contribution in [1.29, 1.82) is 0 Å². The third-order valence-electron chi connectivity index (χ3n) is 2.73. The lowest BCUT2D eigenvalue weighted by molar-refractivity contribution is -0.136. The van der Waals surface area contributed by atoms with Crippen LogP contribution in [-0.2, 0) is 11.2 Å². The predicted octanol–water partition coefficient (Wildman–Crippen LogP) is 3.71. The van der Waals surface area contributed by atoms with E-state index in [1.165, 1.54) is 22.7 Å². The van der Waals surface area contributed by atoms with Crippen molar-refractivity contribution in [2.45, 2.75) is 20.3 Å². The van der Waals surface area contributed by atoms with Crippen molar-refractivity contribution >= 4 is 50.2 Å². The Morgan fingerprint density at radius 3 is 2.77 bits per heavy atom. The zero-order valence-electron chi connectivity index (χ0n) is 11.8. The van der Waals surface area contributed by atoms with Crippen LogP contribution >= 0.6 is 34.0 Å². The molecular formula is C13H12N4O2S3. The Kier molecular flexibility index (Phi) is 4.19. The summed E-state index contributed by atoms with van der Waals surface area (Å²) in [5.41, 5.74) is 1.88. The van der Waals surface area contributed by atoms with Crippen molar-refractivity contribution in [1.82, 2.24) is 15.0 Å². The van der Waals surface area contributed by atoms with Gasteiger partial charge >= 0.3 is 5.97 Å². The predicted molar refractivity (Wildman–Crippen MR) is 89.4 cm³/mol. The molecule has 0 atom stereocenters. The van der Waals surface area contributed by atoms with Crippen LogP contribution in [0.3, 0.4) is 0 Å². The summed E-state index contributed by atoms with van der Waals surface area (Å²) in [6, 6.07) is 0. The zero-order valence-corrected chi connectivity index (χ0v) is 14.2. The number of anilines is 2. The molecule has 0 aliphatic rings. The van der Waals surface area contributed by atoms with Gasteiger partial charge in [-0.2, -0.15) is 0 Å². The highest BCUT2D eigenvalue weighted by molar-refractivity contribution is 7.18. The number of nitrogens with one attached hydrogen (secondary N) is 1. The minimum atomic E-state index is -0.859. The summed E-state index contributed by atoms with van der Waals surface area (Å²) in [5.74, 6) is -0.859. The molecule has 0 aliphatic carbocycles. The number of nitrogens with zero attached hydrogens (tertiary/aromatic N) is 3. The molecule has 0 spiro atoms. The molecule has 3 rings (SSSR count). The van der Waals surface area contributed by atoms with Crippen LogP contribution in [0.15, 0.2) is 11.6 Å². The first-order valence-corrected chi connectivity index (χ1v) is 8.86. The number of aryl methyl sites for hydroxylation is 2. The molecule has 0 bridgehead atoms. The number of hydrogen-bond acceptors (Lipinski definition) is 8. The second kappa shape index (κ2) is 6.11. The molecule has 0 saturated carbocycles. The monoisotopic (exact) mass is 352 g/mol. The molecule has 0 aliphatic heterocycles. The van der Waals surface area contributed by atoms with Gasteiger partial charge in [-0.1, -0.05) is 0 Å². The molecule has 22 heavy (non-hydrogen) atoms. The molecule has 0 fully saturated rings. The summed E-state index contributed by atoms with van der Waals surface area (Å²) < 4.78 is 0. The molecule has 0 amide bonds. The van der Waals surface area contributed by atoms with Crippen LogP contribution in [0.25, 0.3) is 10.6 Å². The Hall–Kier alpha value is -1.84. The van der Waals surface area contributed by atoms with Gasteiger partial charge in [0, 0.05) is 16.5 Å². The third-order valence-corrected chi connectivity index (χ3v) is 5.50. The molecule has 3 aromatic rings. The smallest absolute Gasteiger partial charge is 0.308 e. The summed E-state index contributed by atoms with van der Waals surface area (Å²) in [7, 11) is 0. The van der Waals surface area contributed by atoms with E-state index in [0.717, 1.165) is 26.4 Å². The topological polar surface area (TPSA) is 88.0 Å². The fourth-order valence-electron chi connectivity index (χ4n) is 1.89. The first kappa shape index (κ1) is 15.1. The van der Waals surface area contributed by atoms with Gasteiger partial charge in [-0.3, -0.25) is 4.79 Å². The van der Waals surface area contributed by atoms with Crippen molar-refractivity contribution in [2.24, 2.45) is 0 Å². The first-order chi connectivity index (χ1) is 10.5. The van der Waals surface area contributed by atoms with Gasteiger partial charge in [0.2, 0.25) is 0 Å². The molecule has 0 saturated heterocycles. The average molecular weight is 352 g/mol. The van der Waals surface area contributed by atoms with E-state index in [0.29, 0.717) is 10.0 Å². The normalized spacial score (nSPS) is 10.8. The zero-order chi connectivity index (χ0) is 15.7. The lowest BCUT2D eigenvalue weighted by Gasteiger charge is -1.95. The van der Waals surface area contributed by atoms with Gasteiger partial charge in [0.1, 0.15) is 0 Å². The van der Waals surface area contributed by atoms with Crippen LogP contribution in [0.4, 0.5) is 10.3 Å². The fourth-order valence-corrected chi connectivity index (χ4v) is 4.41. The molecule has 6 nitrogen and oxygen atoms in total. The molecular weight excluding hydrogens is 340 g/mol. The lowest BCUT2D eigenvalue weighted by Crippen LogP contribution is -1.97. The van der Waals surface area contributed by atoms with Crippen LogP contribution in [0.1, 0.15) is 15.6 Å². The Labute approximate surface area is 138 Å². The number of rotatable bonds is 5. The quantitative estimate of drug-likeness (QED) is 0.728. The number of hydrogen-bond donors (Lipinski definition) is 2. The standard InChI is InChI=1S/C13H12N4O2S3/c1-6-11(21-7(2)15-6)9-5-20-13(16-9)17-12-14-4-8(22-12)3-10(18)19/h4-5H,3H2,1-2H3,(H,18,19)(H,14,16,17). The minimum absolute atomic E-state index is 0.0121. The van der Waals surface area contributed by atoms with Crippen LogP contribution < -0.4 is 5.32 Å². The van der Waals surface area contributed by atoms with Crippen LogP contribution in [0.2, 0.25) is 0 Å². The van der Waals surface area contributed by atoms with E-state index in [9.17, 15) is 4.79 Å². The highest BCUT2D eigenvalue weighted by Gasteiger charge is 2.12. The summed E-state index contributed by atoms with van der Waals surface area (Å²) in [4.78, 5) is 25.6. The summed E-state index contributed by atoms with van der Waals surface area (Å²) in [6.07, 6.45) is 1.56. The Morgan fingerprint density at radius 1 is 1.27 bits per heavy atom. The van der Waals surface area contributed by atoms with Crippen molar-refractivity contribution in [3.05, 3.63) is 27.2 Å². The molecule has 114 valence electrons. The maximum absolute atomic E-state index is 10.7. The Morgan fingerprint density at radius 2 is 2.09 bits per heavy atom. The second-order valence-corrected chi connectivity index (χ2v) is 7.69. The Balaban J connectivity index is 1.75. The third kappa shape index (κ3) is 3.32. The molecule has 0 aromatic carbocycles. The molecule has 3 heterocycles. The second-order valence-electron chi connectivity index (χ2n) is 4.51. The number of carbonyl (C=O) groups is 1. The van der Waals surface area contributed by atoms with Crippen molar-refractivity contribution in [2.75, 3.05) is 5.32 Å². The summed E-state index contributed by atoms with van der Waals surface area (Å²) >= 11 is 4.43. The molecule has 0 unspecified atom stereocenters. The maximum Gasteiger partial charge on any atom is 0.308 e. The van der Waals surface area contributed by atoms with Crippen LogP contribution in [-0.4, -0.2) is 26.0 Å². The first-order valence-electron chi connectivity index (χ1n) is 6.34.